The van der Waals surface area contributed by atoms with Crippen LogP contribution in [0.4, 0.5) is 0 Å². The van der Waals surface area contributed by atoms with Crippen LogP contribution in [0, 0.1) is 0 Å². The monoisotopic (exact) mass is 523 g/mol. The first-order chi connectivity index (χ1) is 16.4. The third-order valence-electron chi connectivity index (χ3n) is 5.60. The number of unbranched alkanes of at least 4 members (excludes halogenated alkanes) is 15. The summed E-state index contributed by atoms with van der Waals surface area (Å²) in [6.45, 7) is 4.13. The van der Waals surface area contributed by atoms with Crippen molar-refractivity contribution in [3.05, 3.63) is 12.2 Å². The molecule has 1 amide bonds. The molecular weight excluding hydrogens is 469 g/mol. The van der Waals surface area contributed by atoms with E-state index in [9.17, 15) is 14.4 Å². The zero-order valence-corrected chi connectivity index (χ0v) is 26.2. The van der Waals surface area contributed by atoms with Crippen LogP contribution in [0.3, 0.4) is 0 Å². The van der Waals surface area contributed by atoms with Gasteiger partial charge in [-0.25, -0.2) is 0 Å². The number of allylic oxidation sites excluding steroid dienone is 2. The molecule has 202 valence electrons. The summed E-state index contributed by atoms with van der Waals surface area (Å²) in [5.41, 5.74) is 0. The predicted molar refractivity (Wildman–Crippen MR) is 142 cm³/mol. The number of rotatable bonds is 23. The van der Waals surface area contributed by atoms with E-state index in [4.69, 9.17) is 10.2 Å². The number of hydrogen-bond acceptors (Lipinski definition) is 3. The van der Waals surface area contributed by atoms with Gasteiger partial charge < -0.3 is 17.0 Å². The fourth-order valence-corrected chi connectivity index (χ4v) is 3.50. The van der Waals surface area contributed by atoms with Crippen LogP contribution >= 0.6 is 0 Å². The predicted octanol–water partition coefficient (Wildman–Crippen LogP) is 4.77. The Morgan fingerprint density at radius 2 is 1.00 bits per heavy atom. The Balaban J connectivity index is -0.000000285. The van der Waals surface area contributed by atoms with Crippen molar-refractivity contribution >= 4 is 17.8 Å². The number of amides is 1. The van der Waals surface area contributed by atoms with Crippen LogP contribution in [0.25, 0.3) is 0 Å². The van der Waals surface area contributed by atoms with Gasteiger partial charge in [0.2, 0.25) is 5.91 Å². The Hall–Kier alpha value is -0.214. The maximum absolute atomic E-state index is 11.0. The van der Waals surface area contributed by atoms with E-state index in [1.807, 2.05) is 0 Å². The van der Waals surface area contributed by atoms with Gasteiger partial charge in [0.15, 0.2) is 0 Å². The van der Waals surface area contributed by atoms with E-state index in [-0.39, 0.29) is 65.3 Å². The fraction of sp³-hybridized carbons (Fsp3) is 0.821. The van der Waals surface area contributed by atoms with Crippen molar-refractivity contribution in [3.63, 3.8) is 0 Å². The molecule has 0 rings (SSSR count). The fourth-order valence-electron chi connectivity index (χ4n) is 3.50. The molecular formula is C28H54KNO5. The van der Waals surface area contributed by atoms with Crippen molar-refractivity contribution in [1.82, 2.24) is 5.32 Å². The van der Waals surface area contributed by atoms with E-state index >= 15 is 0 Å². The van der Waals surface area contributed by atoms with E-state index < -0.39 is 11.9 Å². The van der Waals surface area contributed by atoms with Crippen LogP contribution < -0.4 is 56.7 Å². The minimum Gasteiger partial charge on any atom is -1.00 e. The van der Waals surface area contributed by atoms with Gasteiger partial charge in [-0.05, 0) is 38.5 Å². The van der Waals surface area contributed by atoms with Crippen molar-refractivity contribution in [1.29, 1.82) is 0 Å². The van der Waals surface area contributed by atoms with Crippen LogP contribution in [0.2, 0.25) is 0 Å². The first-order valence-corrected chi connectivity index (χ1v) is 13.8. The number of hydrogen-bond donors (Lipinski definition) is 3. The van der Waals surface area contributed by atoms with Crippen LogP contribution in [-0.4, -0.2) is 34.6 Å². The Bertz CT molecular complexity index is 518. The average molecular weight is 524 g/mol. The number of carbonyl (C=O) groups excluding carboxylic acids is 1. The van der Waals surface area contributed by atoms with Gasteiger partial charge in [0.25, 0.3) is 0 Å². The molecule has 0 fully saturated rings. The zero-order valence-electron chi connectivity index (χ0n) is 24.1. The van der Waals surface area contributed by atoms with Gasteiger partial charge in [-0.3, -0.25) is 14.4 Å². The van der Waals surface area contributed by atoms with Gasteiger partial charge in [0.05, 0.1) is 0 Å². The van der Waals surface area contributed by atoms with E-state index in [0.717, 1.165) is 32.1 Å². The Morgan fingerprint density at radius 1 is 0.600 bits per heavy atom. The van der Waals surface area contributed by atoms with E-state index in [1.165, 1.54) is 83.5 Å². The summed E-state index contributed by atoms with van der Waals surface area (Å²) in [5.74, 6) is -1.82. The summed E-state index contributed by atoms with van der Waals surface area (Å²) in [6.07, 6.45) is 27.1. The molecule has 0 spiro atoms. The standard InChI is InChI=1S/C18H34O2.C10H19NO3.K.H/c1-2-3-4-5-6-7-8-9-10-11-12-13-14-15-16-17-18(19)20;1-2-3-4-5-6-7-9(12)11-8-10(13)14;;/h9-10H,2-8,11-17H2,1H3,(H,19,20);2-8H2,1H3,(H,11,12)(H,13,14);;/q;;+1;-1. The molecule has 0 radical (unpaired) electrons. The minimum absolute atomic E-state index is 0. The molecule has 35 heavy (non-hydrogen) atoms. The second-order valence-corrected chi connectivity index (χ2v) is 9.06. The minimum atomic E-state index is -0.996. The molecule has 0 saturated carbocycles. The quantitative estimate of drug-likeness (QED) is 0.102. The molecule has 7 heteroatoms. The molecule has 0 atom stereocenters. The number of carboxylic acid groups (broad SMARTS) is 2. The maximum atomic E-state index is 11.0. The molecule has 0 aliphatic rings. The second-order valence-electron chi connectivity index (χ2n) is 9.06. The summed E-state index contributed by atoms with van der Waals surface area (Å²) < 4.78 is 0. The number of aliphatic carboxylic acids is 2. The van der Waals surface area contributed by atoms with Gasteiger partial charge >= 0.3 is 63.3 Å². The van der Waals surface area contributed by atoms with Crippen LogP contribution in [0.5, 0.6) is 0 Å². The van der Waals surface area contributed by atoms with Crippen molar-refractivity contribution in [3.8, 4) is 0 Å². The number of carboxylic acids is 2. The summed E-state index contributed by atoms with van der Waals surface area (Å²) in [7, 11) is 0. The van der Waals surface area contributed by atoms with Crippen LogP contribution in [0.1, 0.15) is 144 Å². The normalized spacial score (nSPS) is 10.3. The van der Waals surface area contributed by atoms with Gasteiger partial charge in [-0.1, -0.05) is 103 Å². The van der Waals surface area contributed by atoms with Crippen molar-refractivity contribution in [2.45, 2.75) is 142 Å². The Labute approximate surface area is 259 Å². The Kier molecular flexibility index (Phi) is 37.9. The zero-order chi connectivity index (χ0) is 25.7. The van der Waals surface area contributed by atoms with E-state index in [0.29, 0.717) is 12.8 Å². The van der Waals surface area contributed by atoms with Crippen LogP contribution in [-0.2, 0) is 14.4 Å². The molecule has 0 aromatic heterocycles. The molecule has 6 nitrogen and oxygen atoms in total. The van der Waals surface area contributed by atoms with Gasteiger partial charge in [0.1, 0.15) is 6.54 Å². The summed E-state index contributed by atoms with van der Waals surface area (Å²) in [6, 6.07) is 0. The molecule has 0 aromatic rings. The third kappa shape index (κ3) is 41.2. The van der Waals surface area contributed by atoms with Gasteiger partial charge in [-0.2, -0.15) is 0 Å². The summed E-state index contributed by atoms with van der Waals surface area (Å²) >= 11 is 0. The molecule has 0 aromatic carbocycles. The first kappa shape index (κ1) is 39.3. The second kappa shape index (κ2) is 33.8. The van der Waals surface area contributed by atoms with Crippen molar-refractivity contribution < 1.29 is 77.4 Å². The molecule has 0 aliphatic carbocycles. The third-order valence-corrected chi connectivity index (χ3v) is 5.60. The number of nitrogens with one attached hydrogen (secondary N) is 1. The SMILES string of the molecule is CCCCCCCC(=O)NCC(=O)O.CCCCCCCCC=CCCCCCCCC(=O)O.[H-].[K+]. The average Bonchev–Trinajstić information content (AvgIpc) is 2.80. The topological polar surface area (TPSA) is 104 Å². The number of carbonyl (C=O) groups is 3. The van der Waals surface area contributed by atoms with Gasteiger partial charge in [0, 0.05) is 12.8 Å². The van der Waals surface area contributed by atoms with Gasteiger partial charge in [-0.15, -0.1) is 0 Å². The smallest absolute Gasteiger partial charge is 1.00 e. The summed E-state index contributed by atoms with van der Waals surface area (Å²) in [4.78, 5) is 31.4. The summed E-state index contributed by atoms with van der Waals surface area (Å²) in [5, 5.41) is 19.1. The largest absolute Gasteiger partial charge is 1.00 e. The van der Waals surface area contributed by atoms with Crippen molar-refractivity contribution in [2.24, 2.45) is 0 Å². The van der Waals surface area contributed by atoms with Crippen LogP contribution in [0.15, 0.2) is 12.2 Å². The molecule has 0 saturated heterocycles. The molecule has 0 unspecified atom stereocenters. The molecule has 0 aliphatic heterocycles. The first-order valence-electron chi connectivity index (χ1n) is 13.8. The van der Waals surface area contributed by atoms with E-state index in [2.05, 4.69) is 31.3 Å². The van der Waals surface area contributed by atoms with Crippen molar-refractivity contribution in [2.75, 3.05) is 6.54 Å². The maximum Gasteiger partial charge on any atom is 1.00 e. The Morgan fingerprint density at radius 3 is 1.43 bits per heavy atom. The molecule has 0 heterocycles. The van der Waals surface area contributed by atoms with E-state index in [1.54, 1.807) is 0 Å². The molecule has 0 bridgehead atoms. The molecule has 3 N–H and O–H groups in total.